The van der Waals surface area contributed by atoms with Crippen LogP contribution in [-0.4, -0.2) is 55.2 Å². The van der Waals surface area contributed by atoms with Crippen molar-refractivity contribution >= 4 is 28.4 Å². The van der Waals surface area contributed by atoms with Crippen LogP contribution in [0.5, 0.6) is 0 Å². The molecule has 4 heterocycles. The molecule has 0 saturated carbocycles. The highest BCUT2D eigenvalue weighted by molar-refractivity contribution is 5.97. The van der Waals surface area contributed by atoms with Crippen LogP contribution in [0.3, 0.4) is 0 Å². The van der Waals surface area contributed by atoms with Gasteiger partial charge < -0.3 is 14.6 Å². The zero-order valence-electron chi connectivity index (χ0n) is 18.1. The third-order valence-corrected chi connectivity index (χ3v) is 5.64. The van der Waals surface area contributed by atoms with E-state index in [1.807, 2.05) is 30.3 Å². The van der Waals surface area contributed by atoms with Gasteiger partial charge in [-0.2, -0.15) is 15.4 Å². The number of anilines is 2. The van der Waals surface area contributed by atoms with E-state index in [2.05, 4.69) is 30.7 Å². The summed E-state index contributed by atoms with van der Waals surface area (Å²) in [7, 11) is 0. The number of H-pyrrole nitrogens is 1. The van der Waals surface area contributed by atoms with Crippen molar-refractivity contribution in [1.29, 1.82) is 0 Å². The Labute approximate surface area is 196 Å². The normalized spacial score (nSPS) is 14.6. The number of hydrogen-bond donors (Lipinski definition) is 2. The molecule has 0 radical (unpaired) electrons. The summed E-state index contributed by atoms with van der Waals surface area (Å²) in [6.45, 7) is -1.19. The SMILES string of the molecule is O=C(c1cc2ccc(-c3nccc(Nc4ccc(-c5cn[nH]n5)cc4)n3)cc2o1)N1CC(F)(F)C1. The largest absolute Gasteiger partial charge is 0.451 e. The van der Waals surface area contributed by atoms with Crippen LogP contribution < -0.4 is 5.32 Å². The van der Waals surface area contributed by atoms with Crippen LogP contribution >= 0.6 is 0 Å². The summed E-state index contributed by atoms with van der Waals surface area (Å²) in [5.74, 6) is -2.30. The van der Waals surface area contributed by atoms with E-state index in [1.54, 1.807) is 36.7 Å². The van der Waals surface area contributed by atoms with Gasteiger partial charge in [0, 0.05) is 28.4 Å². The highest BCUT2D eigenvalue weighted by Crippen LogP contribution is 2.31. The number of carbonyl (C=O) groups is 1. The van der Waals surface area contributed by atoms with Gasteiger partial charge in [0.1, 0.15) is 17.1 Å². The van der Waals surface area contributed by atoms with Gasteiger partial charge in [-0.1, -0.05) is 24.3 Å². The molecule has 0 atom stereocenters. The molecule has 0 unspecified atom stereocenters. The average Bonchev–Trinajstić information content (AvgIpc) is 3.52. The van der Waals surface area contributed by atoms with Gasteiger partial charge in [-0.15, -0.1) is 0 Å². The third kappa shape index (κ3) is 4.07. The molecule has 6 rings (SSSR count). The fourth-order valence-corrected chi connectivity index (χ4v) is 3.87. The fourth-order valence-electron chi connectivity index (χ4n) is 3.87. The minimum atomic E-state index is -2.83. The van der Waals surface area contributed by atoms with Gasteiger partial charge in [-0.3, -0.25) is 4.79 Å². The summed E-state index contributed by atoms with van der Waals surface area (Å²) < 4.78 is 31.9. The molecule has 174 valence electrons. The van der Waals surface area contributed by atoms with Crippen LogP contribution in [-0.2, 0) is 0 Å². The Morgan fingerprint density at radius 3 is 2.60 bits per heavy atom. The Balaban J connectivity index is 1.21. The number of aromatic amines is 1. The monoisotopic (exact) mass is 473 g/mol. The summed E-state index contributed by atoms with van der Waals surface area (Å²) in [6.07, 6.45) is 3.29. The second kappa shape index (κ2) is 7.97. The lowest BCUT2D eigenvalue weighted by molar-refractivity contribution is -0.113. The molecule has 0 bridgehead atoms. The second-order valence-electron chi connectivity index (χ2n) is 8.20. The molecule has 11 heteroatoms. The van der Waals surface area contributed by atoms with Gasteiger partial charge in [-0.25, -0.2) is 18.7 Å². The number of rotatable bonds is 5. The number of fused-ring (bicyclic) bond motifs is 1. The Hall–Kier alpha value is -4.67. The predicted molar refractivity (Wildman–Crippen MR) is 123 cm³/mol. The zero-order chi connectivity index (χ0) is 24.0. The Bertz CT molecular complexity index is 1520. The predicted octanol–water partition coefficient (Wildman–Crippen LogP) is 4.51. The average molecular weight is 473 g/mol. The number of alkyl halides is 2. The molecule has 1 amide bonds. The van der Waals surface area contributed by atoms with Crippen LogP contribution in [0.15, 0.2) is 71.4 Å². The molecule has 3 aromatic heterocycles. The van der Waals surface area contributed by atoms with Crippen molar-refractivity contribution in [2.24, 2.45) is 0 Å². The van der Waals surface area contributed by atoms with Gasteiger partial charge in [0.25, 0.3) is 11.8 Å². The number of amides is 1. The topological polar surface area (TPSA) is 113 Å². The lowest BCUT2D eigenvalue weighted by Gasteiger charge is -2.37. The first kappa shape index (κ1) is 20.9. The highest BCUT2D eigenvalue weighted by atomic mass is 19.3. The smallest absolute Gasteiger partial charge is 0.290 e. The molecule has 1 aliphatic heterocycles. The van der Waals surface area contributed by atoms with Gasteiger partial charge in [0.2, 0.25) is 0 Å². The molecular formula is C24H17F2N7O2. The maximum Gasteiger partial charge on any atom is 0.290 e. The Kier molecular flexibility index (Phi) is 4.76. The van der Waals surface area contributed by atoms with Crippen molar-refractivity contribution in [1.82, 2.24) is 30.3 Å². The number of nitrogens with one attached hydrogen (secondary N) is 2. The molecule has 1 fully saturated rings. The maximum absolute atomic E-state index is 13.1. The quantitative estimate of drug-likeness (QED) is 0.386. The summed E-state index contributed by atoms with van der Waals surface area (Å²) in [5.41, 5.74) is 3.65. The first-order valence-corrected chi connectivity index (χ1v) is 10.7. The molecule has 0 spiro atoms. The van der Waals surface area contributed by atoms with E-state index >= 15 is 0 Å². The molecule has 1 aliphatic rings. The summed E-state index contributed by atoms with van der Waals surface area (Å²) in [6, 6.07) is 16.3. The van der Waals surface area contributed by atoms with Crippen LogP contribution in [0.4, 0.5) is 20.3 Å². The fraction of sp³-hybridized carbons (Fsp3) is 0.125. The Morgan fingerprint density at radius 2 is 1.86 bits per heavy atom. The minimum Gasteiger partial charge on any atom is -0.451 e. The van der Waals surface area contributed by atoms with E-state index in [4.69, 9.17) is 4.42 Å². The number of carbonyl (C=O) groups excluding carboxylic acids is 1. The van der Waals surface area contributed by atoms with E-state index in [0.29, 0.717) is 28.2 Å². The first-order valence-electron chi connectivity index (χ1n) is 10.7. The number of aromatic nitrogens is 5. The van der Waals surface area contributed by atoms with Crippen LogP contribution in [0.2, 0.25) is 0 Å². The molecule has 2 N–H and O–H groups in total. The van der Waals surface area contributed by atoms with Crippen LogP contribution in [0.25, 0.3) is 33.6 Å². The van der Waals surface area contributed by atoms with Gasteiger partial charge >= 0.3 is 0 Å². The number of halogens is 2. The molecule has 1 saturated heterocycles. The van der Waals surface area contributed by atoms with E-state index in [0.717, 1.165) is 21.8 Å². The lowest BCUT2D eigenvalue weighted by Crippen LogP contribution is -2.58. The summed E-state index contributed by atoms with van der Waals surface area (Å²) >= 11 is 0. The molecule has 5 aromatic rings. The number of nitrogens with zero attached hydrogens (tertiary/aromatic N) is 5. The molecule has 2 aromatic carbocycles. The maximum atomic E-state index is 13.1. The van der Waals surface area contributed by atoms with E-state index in [1.165, 1.54) is 0 Å². The van der Waals surface area contributed by atoms with Crippen LogP contribution in [0, 0.1) is 0 Å². The number of benzene rings is 2. The minimum absolute atomic E-state index is 0.0260. The van der Waals surface area contributed by atoms with Crippen molar-refractivity contribution in [3.05, 3.63) is 72.8 Å². The zero-order valence-corrected chi connectivity index (χ0v) is 18.1. The van der Waals surface area contributed by atoms with Gasteiger partial charge in [0.05, 0.1) is 19.3 Å². The van der Waals surface area contributed by atoms with Crippen molar-refractivity contribution in [3.8, 4) is 22.6 Å². The second-order valence-corrected chi connectivity index (χ2v) is 8.20. The molecular weight excluding hydrogens is 456 g/mol. The van der Waals surface area contributed by atoms with Crippen molar-refractivity contribution < 1.29 is 18.0 Å². The Morgan fingerprint density at radius 1 is 1.06 bits per heavy atom. The molecule has 35 heavy (non-hydrogen) atoms. The van der Waals surface area contributed by atoms with E-state index in [9.17, 15) is 13.6 Å². The summed E-state index contributed by atoms with van der Waals surface area (Å²) in [4.78, 5) is 22.4. The van der Waals surface area contributed by atoms with E-state index < -0.39 is 24.9 Å². The number of likely N-dealkylation sites (tertiary alicyclic amines) is 1. The first-order chi connectivity index (χ1) is 16.9. The number of furan rings is 1. The third-order valence-electron chi connectivity index (χ3n) is 5.64. The van der Waals surface area contributed by atoms with Crippen molar-refractivity contribution in [2.45, 2.75) is 5.92 Å². The molecule has 9 nitrogen and oxygen atoms in total. The standard InChI is InChI=1S/C24H17F2N7O2/c25-24(26)12-33(13-24)23(34)20-9-15-1-2-16(10-19(15)35-20)22-27-8-7-21(30-22)29-17-5-3-14(4-6-17)18-11-28-32-31-18/h1-11H,12-13H2,(H,27,29,30)(H,28,31,32). The van der Waals surface area contributed by atoms with Crippen LogP contribution in [0.1, 0.15) is 10.6 Å². The van der Waals surface area contributed by atoms with Crippen molar-refractivity contribution in [3.63, 3.8) is 0 Å². The molecule has 0 aliphatic carbocycles. The summed E-state index contributed by atoms with van der Waals surface area (Å²) in [5, 5.41) is 14.4. The van der Waals surface area contributed by atoms with Crippen molar-refractivity contribution in [2.75, 3.05) is 18.4 Å². The van der Waals surface area contributed by atoms with Gasteiger partial charge in [0.15, 0.2) is 11.6 Å². The highest BCUT2D eigenvalue weighted by Gasteiger charge is 2.47. The number of hydrogen-bond acceptors (Lipinski definition) is 7. The van der Waals surface area contributed by atoms with Gasteiger partial charge in [-0.05, 0) is 30.3 Å². The lowest BCUT2D eigenvalue weighted by atomic mass is 10.1. The van der Waals surface area contributed by atoms with E-state index in [-0.39, 0.29) is 5.76 Å².